The third-order valence-electron chi connectivity index (χ3n) is 7.38. The highest BCUT2D eigenvalue weighted by molar-refractivity contribution is 6.10. The minimum absolute atomic E-state index is 0.282. The van der Waals surface area contributed by atoms with E-state index in [0.717, 1.165) is 38.2 Å². The normalized spacial score (nSPS) is 11.6. The molecule has 5 aromatic carbocycles. The predicted molar refractivity (Wildman–Crippen MR) is 178 cm³/mol. The number of benzene rings is 5. The van der Waals surface area contributed by atoms with E-state index in [0.29, 0.717) is 43.2 Å². The van der Waals surface area contributed by atoms with E-state index in [1.165, 1.54) is 0 Å². The second-order valence-corrected chi connectivity index (χ2v) is 10.6. The molecule has 44 heavy (non-hydrogen) atoms. The second-order valence-electron chi connectivity index (χ2n) is 10.6. The number of aryl methyl sites for hydroxylation is 1. The molecule has 224 valence electrons. The number of rotatable bonds is 13. The number of hydrogen-bond acceptors (Lipinski definition) is 5. The lowest BCUT2D eigenvalue weighted by Gasteiger charge is -2.21. The summed E-state index contributed by atoms with van der Waals surface area (Å²) in [4.78, 5) is 26.4. The molecule has 0 spiro atoms. The third kappa shape index (κ3) is 7.07. The molecule has 0 aliphatic heterocycles. The Bertz CT molecular complexity index is 1800. The molecule has 7 heteroatoms. The molecule has 0 fully saturated rings. The zero-order chi connectivity index (χ0) is 30.9. The Morgan fingerprint density at radius 1 is 0.841 bits per heavy atom. The number of carbonyl (C=O) groups is 2. The number of fused-ring (bicyclic) bond motifs is 2. The highest BCUT2D eigenvalue weighted by Crippen LogP contribution is 2.45. The summed E-state index contributed by atoms with van der Waals surface area (Å²) in [6.07, 6.45) is 2.69. The van der Waals surface area contributed by atoms with Gasteiger partial charge >= 0.3 is 0 Å². The van der Waals surface area contributed by atoms with E-state index in [1.807, 2.05) is 91.9 Å². The summed E-state index contributed by atoms with van der Waals surface area (Å²) in [6, 6.07) is 30.7. The van der Waals surface area contributed by atoms with E-state index < -0.39 is 11.9 Å². The lowest BCUT2D eigenvalue weighted by Crippen LogP contribution is -2.45. The van der Waals surface area contributed by atoms with Gasteiger partial charge in [-0.05, 0) is 77.7 Å². The van der Waals surface area contributed by atoms with Crippen LogP contribution >= 0.6 is 0 Å². The molecule has 5 rings (SSSR count). The van der Waals surface area contributed by atoms with E-state index in [4.69, 9.17) is 15.2 Å². The van der Waals surface area contributed by atoms with Gasteiger partial charge in [0.05, 0.1) is 0 Å². The molecule has 0 aliphatic rings. The van der Waals surface area contributed by atoms with Crippen molar-refractivity contribution in [3.05, 3.63) is 115 Å². The Kier molecular flexibility index (Phi) is 9.89. The molecule has 0 heterocycles. The van der Waals surface area contributed by atoms with E-state index in [1.54, 1.807) is 6.08 Å². The summed E-state index contributed by atoms with van der Waals surface area (Å²) in [5, 5.41) is 9.79. The van der Waals surface area contributed by atoms with Crippen molar-refractivity contribution in [2.24, 2.45) is 5.73 Å². The van der Waals surface area contributed by atoms with Crippen molar-refractivity contribution in [1.29, 1.82) is 0 Å². The molecule has 0 unspecified atom stereocenters. The summed E-state index contributed by atoms with van der Waals surface area (Å²) < 4.78 is 12.4. The van der Waals surface area contributed by atoms with Crippen LogP contribution < -0.4 is 25.8 Å². The highest BCUT2D eigenvalue weighted by Gasteiger charge is 2.23. The Balaban J connectivity index is 1.45. The van der Waals surface area contributed by atoms with Gasteiger partial charge in [0, 0.05) is 16.8 Å². The fraction of sp³-hybridized carbons (Fsp3) is 0.189. The van der Waals surface area contributed by atoms with Crippen molar-refractivity contribution in [2.75, 3.05) is 25.1 Å². The lowest BCUT2D eigenvalue weighted by atomic mass is 9.92. The largest absolute Gasteiger partial charge is 0.489 e. The van der Waals surface area contributed by atoms with Gasteiger partial charge in [0.25, 0.3) is 5.91 Å². The molecule has 0 saturated carbocycles. The number of nitrogens with two attached hydrogens (primary N) is 1. The molecule has 2 amide bonds. The van der Waals surface area contributed by atoms with Crippen LogP contribution in [-0.4, -0.2) is 37.6 Å². The molecule has 0 radical (unpaired) electrons. The average molecular weight is 588 g/mol. The monoisotopic (exact) mass is 587 g/mol. The van der Waals surface area contributed by atoms with Gasteiger partial charge in [0.15, 0.2) is 6.61 Å². The Morgan fingerprint density at radius 3 is 2.09 bits per heavy atom. The van der Waals surface area contributed by atoms with Gasteiger partial charge in [-0.1, -0.05) is 85.5 Å². The number of anilines is 1. The quantitative estimate of drug-likeness (QED) is 0.132. The van der Waals surface area contributed by atoms with Gasteiger partial charge in [-0.15, -0.1) is 0 Å². The minimum Gasteiger partial charge on any atom is -0.489 e. The number of amides is 2. The molecular weight excluding hydrogens is 550 g/mol. The summed E-state index contributed by atoms with van der Waals surface area (Å²) in [5.74, 6) is 0.500. The second kappa shape index (κ2) is 14.4. The van der Waals surface area contributed by atoms with Crippen molar-refractivity contribution in [3.8, 4) is 22.6 Å². The Hall–Kier alpha value is -5.14. The first kappa shape index (κ1) is 30.3. The van der Waals surface area contributed by atoms with Crippen molar-refractivity contribution in [1.82, 2.24) is 5.32 Å². The van der Waals surface area contributed by atoms with Crippen molar-refractivity contribution in [2.45, 2.75) is 25.8 Å². The summed E-state index contributed by atoms with van der Waals surface area (Å²) in [7, 11) is 0. The number of ether oxygens (including phenoxy) is 2. The molecule has 1 atom stereocenters. The fourth-order valence-corrected chi connectivity index (χ4v) is 5.33. The maximum atomic E-state index is 13.2. The van der Waals surface area contributed by atoms with Crippen LogP contribution in [0.15, 0.2) is 110 Å². The molecular formula is C37H37N3O4. The lowest BCUT2D eigenvalue weighted by molar-refractivity contribution is -0.128. The van der Waals surface area contributed by atoms with Gasteiger partial charge in [0.2, 0.25) is 5.91 Å². The van der Waals surface area contributed by atoms with E-state index in [9.17, 15) is 9.59 Å². The van der Waals surface area contributed by atoms with E-state index in [-0.39, 0.29) is 12.5 Å². The zero-order valence-electron chi connectivity index (χ0n) is 24.8. The van der Waals surface area contributed by atoms with Crippen molar-refractivity contribution in [3.63, 3.8) is 0 Å². The molecule has 0 saturated heterocycles. The maximum Gasteiger partial charge on any atom is 0.258 e. The topological polar surface area (TPSA) is 103 Å². The molecule has 7 nitrogen and oxygen atoms in total. The highest BCUT2D eigenvalue weighted by atomic mass is 16.5. The van der Waals surface area contributed by atoms with Crippen LogP contribution in [-0.2, 0) is 9.59 Å². The van der Waals surface area contributed by atoms with Gasteiger partial charge in [-0.25, -0.2) is 0 Å². The summed E-state index contributed by atoms with van der Waals surface area (Å²) >= 11 is 0. The van der Waals surface area contributed by atoms with Crippen molar-refractivity contribution < 1.29 is 19.1 Å². The number of nitrogens with one attached hydrogen (secondary N) is 2. The summed E-state index contributed by atoms with van der Waals surface area (Å²) in [5.41, 5.74) is 9.12. The molecule has 4 N–H and O–H groups in total. The van der Waals surface area contributed by atoms with Crippen LogP contribution in [0.5, 0.6) is 11.5 Å². The molecule has 0 bridgehead atoms. The first-order valence-corrected chi connectivity index (χ1v) is 14.8. The molecule has 0 aliphatic carbocycles. The van der Waals surface area contributed by atoms with Crippen LogP contribution in [0.2, 0.25) is 0 Å². The van der Waals surface area contributed by atoms with Crippen LogP contribution in [0, 0.1) is 6.92 Å². The smallest absolute Gasteiger partial charge is 0.258 e. The average Bonchev–Trinajstić information content (AvgIpc) is 3.04. The molecule has 5 aromatic rings. The van der Waals surface area contributed by atoms with Crippen molar-refractivity contribution >= 4 is 39.0 Å². The SMILES string of the molecule is C=CCOc1ccc2ccccc2c1-c1c(OCC(=O)N[C@H](CCCN)C(=O)Nc2cccc(C)c2)ccc2ccccc12. The van der Waals surface area contributed by atoms with Gasteiger partial charge < -0.3 is 25.8 Å². The van der Waals surface area contributed by atoms with Gasteiger partial charge in [-0.3, -0.25) is 9.59 Å². The van der Waals surface area contributed by atoms with Crippen LogP contribution in [0.25, 0.3) is 32.7 Å². The molecule has 0 aromatic heterocycles. The third-order valence-corrected chi connectivity index (χ3v) is 7.38. The van der Waals surface area contributed by atoms with Crippen LogP contribution in [0.4, 0.5) is 5.69 Å². The minimum atomic E-state index is -0.761. The predicted octanol–water partition coefficient (Wildman–Crippen LogP) is 6.77. The van der Waals surface area contributed by atoms with Crippen LogP contribution in [0.3, 0.4) is 0 Å². The zero-order valence-corrected chi connectivity index (χ0v) is 24.8. The maximum absolute atomic E-state index is 13.2. The first-order valence-electron chi connectivity index (χ1n) is 14.8. The fourth-order valence-electron chi connectivity index (χ4n) is 5.33. The standard InChI is InChI=1S/C37H37N3O4/c1-3-22-43-32-19-17-26-11-4-6-14-29(26)35(32)36-30-15-7-5-12-27(30)18-20-33(36)44-24-34(41)40-31(16-9-21-38)37(42)39-28-13-8-10-25(2)23-28/h3-8,10-15,17-20,23,31H,1,9,16,21-22,24,38H2,2H3,(H,39,42)(H,40,41)/t31-/m1/s1. The number of carbonyl (C=O) groups excluding carboxylic acids is 2. The van der Waals surface area contributed by atoms with Gasteiger partial charge in [-0.2, -0.15) is 0 Å². The summed E-state index contributed by atoms with van der Waals surface area (Å²) in [6.45, 7) is 6.22. The Morgan fingerprint density at radius 2 is 1.48 bits per heavy atom. The number of hydrogen-bond donors (Lipinski definition) is 3. The van der Waals surface area contributed by atoms with Crippen LogP contribution in [0.1, 0.15) is 18.4 Å². The first-order chi connectivity index (χ1) is 21.5. The Labute approximate surface area is 257 Å². The van der Waals surface area contributed by atoms with E-state index >= 15 is 0 Å². The van der Waals surface area contributed by atoms with E-state index in [2.05, 4.69) is 29.3 Å². The van der Waals surface area contributed by atoms with Gasteiger partial charge in [0.1, 0.15) is 24.1 Å².